The van der Waals surface area contributed by atoms with Crippen molar-refractivity contribution in [3.8, 4) is 0 Å². The van der Waals surface area contributed by atoms with Crippen molar-refractivity contribution in [2.24, 2.45) is 0 Å². The molecule has 0 bridgehead atoms. The highest BCUT2D eigenvalue weighted by molar-refractivity contribution is 5.95. The van der Waals surface area contributed by atoms with Crippen LogP contribution in [0.5, 0.6) is 0 Å². The van der Waals surface area contributed by atoms with Crippen LogP contribution in [0.2, 0.25) is 0 Å². The van der Waals surface area contributed by atoms with Crippen LogP contribution in [0.1, 0.15) is 42.5 Å². The Morgan fingerprint density at radius 3 is 2.79 bits per heavy atom. The SMILES string of the molecule is CO[C@@H]1CCC[C@@H](N(C)C(=O)c2ccnc(N3CCCC3)c2)[C@H]1O. The van der Waals surface area contributed by atoms with Crippen molar-refractivity contribution in [3.05, 3.63) is 23.9 Å². The van der Waals surface area contributed by atoms with Gasteiger partial charge in [0.1, 0.15) is 11.9 Å². The highest BCUT2D eigenvalue weighted by Crippen LogP contribution is 2.26. The van der Waals surface area contributed by atoms with Crippen molar-refractivity contribution in [3.63, 3.8) is 0 Å². The normalized spacial score (nSPS) is 27.3. The molecule has 1 saturated carbocycles. The smallest absolute Gasteiger partial charge is 0.254 e. The Hall–Kier alpha value is -1.66. The fraction of sp³-hybridized carbons (Fsp3) is 0.667. The van der Waals surface area contributed by atoms with Crippen LogP contribution in [0.25, 0.3) is 0 Å². The van der Waals surface area contributed by atoms with E-state index in [9.17, 15) is 9.90 Å². The lowest BCUT2D eigenvalue weighted by Gasteiger charge is -2.39. The van der Waals surface area contributed by atoms with Gasteiger partial charge in [-0.3, -0.25) is 4.79 Å². The predicted molar refractivity (Wildman–Crippen MR) is 92.2 cm³/mol. The average Bonchev–Trinajstić information content (AvgIpc) is 3.15. The molecule has 1 N–H and O–H groups in total. The van der Waals surface area contributed by atoms with E-state index in [-0.39, 0.29) is 18.1 Å². The third-order valence-electron chi connectivity index (χ3n) is 5.31. The summed E-state index contributed by atoms with van der Waals surface area (Å²) in [4.78, 5) is 21.2. The molecule has 3 rings (SSSR count). The lowest BCUT2D eigenvalue weighted by atomic mass is 9.88. The van der Waals surface area contributed by atoms with Crippen molar-refractivity contribution in [1.82, 2.24) is 9.88 Å². The van der Waals surface area contributed by atoms with E-state index >= 15 is 0 Å². The third-order valence-corrected chi connectivity index (χ3v) is 5.31. The fourth-order valence-electron chi connectivity index (χ4n) is 3.82. The van der Waals surface area contributed by atoms with Gasteiger partial charge in [-0.05, 0) is 44.2 Å². The number of rotatable bonds is 4. The van der Waals surface area contributed by atoms with E-state index in [0.29, 0.717) is 5.56 Å². The Morgan fingerprint density at radius 1 is 1.33 bits per heavy atom. The largest absolute Gasteiger partial charge is 0.388 e. The number of carbonyl (C=O) groups excluding carboxylic acids is 1. The highest BCUT2D eigenvalue weighted by Gasteiger charge is 2.36. The molecule has 24 heavy (non-hydrogen) atoms. The summed E-state index contributed by atoms with van der Waals surface area (Å²) < 4.78 is 5.35. The maximum absolute atomic E-state index is 12.9. The number of anilines is 1. The summed E-state index contributed by atoms with van der Waals surface area (Å²) >= 11 is 0. The number of carbonyl (C=O) groups is 1. The number of aromatic nitrogens is 1. The van der Waals surface area contributed by atoms with Crippen molar-refractivity contribution < 1.29 is 14.6 Å². The Bertz CT molecular complexity index is 574. The molecule has 1 amide bonds. The lowest BCUT2D eigenvalue weighted by Crippen LogP contribution is -2.52. The van der Waals surface area contributed by atoms with Gasteiger partial charge in [0.25, 0.3) is 5.91 Å². The first-order valence-electron chi connectivity index (χ1n) is 8.81. The van der Waals surface area contributed by atoms with Crippen molar-refractivity contribution in [2.45, 2.75) is 50.4 Å². The summed E-state index contributed by atoms with van der Waals surface area (Å²) in [5.41, 5.74) is 0.626. The molecule has 0 aromatic carbocycles. The minimum atomic E-state index is -0.641. The van der Waals surface area contributed by atoms with E-state index in [0.717, 1.165) is 38.2 Å². The standard InChI is InChI=1S/C18H27N3O3/c1-20(14-6-5-7-15(24-2)17(14)22)18(23)13-8-9-19-16(12-13)21-10-3-4-11-21/h8-9,12,14-15,17,22H,3-7,10-11H2,1-2H3/t14-,15-,17-/m1/s1. The van der Waals surface area contributed by atoms with Crippen LogP contribution in [-0.4, -0.2) is 66.4 Å². The molecule has 6 nitrogen and oxygen atoms in total. The summed E-state index contributed by atoms with van der Waals surface area (Å²) in [6.45, 7) is 1.99. The fourth-order valence-corrected chi connectivity index (χ4v) is 3.82. The summed E-state index contributed by atoms with van der Waals surface area (Å²) in [5, 5.41) is 10.5. The zero-order valence-electron chi connectivity index (χ0n) is 14.5. The number of methoxy groups -OCH3 is 1. The maximum Gasteiger partial charge on any atom is 0.254 e. The van der Waals surface area contributed by atoms with Gasteiger partial charge in [0.15, 0.2) is 0 Å². The van der Waals surface area contributed by atoms with Crippen LogP contribution in [0.15, 0.2) is 18.3 Å². The monoisotopic (exact) mass is 333 g/mol. The van der Waals surface area contributed by atoms with Crippen molar-refractivity contribution in [2.75, 3.05) is 32.1 Å². The molecule has 1 aromatic heterocycles. The zero-order chi connectivity index (χ0) is 17.1. The highest BCUT2D eigenvalue weighted by atomic mass is 16.5. The van der Waals surface area contributed by atoms with Crippen molar-refractivity contribution >= 4 is 11.7 Å². The number of ether oxygens (including phenoxy) is 1. The number of aliphatic hydroxyl groups is 1. The molecule has 1 saturated heterocycles. The molecule has 1 aliphatic heterocycles. The Morgan fingerprint density at radius 2 is 2.08 bits per heavy atom. The van der Waals surface area contributed by atoms with Crippen molar-refractivity contribution in [1.29, 1.82) is 0 Å². The first kappa shape index (κ1) is 17.2. The zero-order valence-corrected chi connectivity index (χ0v) is 14.5. The van der Waals surface area contributed by atoms with Gasteiger partial charge in [0.2, 0.25) is 0 Å². The van der Waals surface area contributed by atoms with E-state index in [1.807, 2.05) is 6.07 Å². The maximum atomic E-state index is 12.9. The topological polar surface area (TPSA) is 65.9 Å². The summed E-state index contributed by atoms with van der Waals surface area (Å²) in [6.07, 6.45) is 5.79. The molecular weight excluding hydrogens is 306 g/mol. The van der Waals surface area contributed by atoms with Crippen LogP contribution in [0.4, 0.5) is 5.82 Å². The van der Waals surface area contributed by atoms with Gasteiger partial charge in [0, 0.05) is 39.0 Å². The van der Waals surface area contributed by atoms with Crippen LogP contribution in [0, 0.1) is 0 Å². The second-order valence-corrected chi connectivity index (χ2v) is 6.78. The van der Waals surface area contributed by atoms with Gasteiger partial charge >= 0.3 is 0 Å². The molecule has 1 aromatic rings. The third kappa shape index (κ3) is 3.39. The molecule has 0 spiro atoms. The first-order chi connectivity index (χ1) is 11.6. The van der Waals surface area contributed by atoms with Gasteiger partial charge in [-0.2, -0.15) is 0 Å². The molecule has 1 aliphatic carbocycles. The van der Waals surface area contributed by atoms with E-state index in [2.05, 4.69) is 9.88 Å². The van der Waals surface area contributed by atoms with Gasteiger partial charge in [-0.25, -0.2) is 4.98 Å². The molecule has 0 radical (unpaired) electrons. The predicted octanol–water partition coefficient (Wildman–Crippen LogP) is 1.68. The number of aliphatic hydroxyl groups excluding tert-OH is 1. The van der Waals surface area contributed by atoms with E-state index in [4.69, 9.17) is 4.74 Å². The molecule has 0 unspecified atom stereocenters. The number of likely N-dealkylation sites (N-methyl/N-ethyl adjacent to an activating group) is 1. The average molecular weight is 333 g/mol. The molecule has 132 valence electrons. The van der Waals surface area contributed by atoms with Gasteiger partial charge in [-0.15, -0.1) is 0 Å². The Kier molecular flexibility index (Phi) is 5.36. The van der Waals surface area contributed by atoms with Crippen LogP contribution in [0.3, 0.4) is 0 Å². The van der Waals surface area contributed by atoms with Crippen LogP contribution in [-0.2, 0) is 4.74 Å². The second-order valence-electron chi connectivity index (χ2n) is 6.78. The first-order valence-corrected chi connectivity index (χ1v) is 8.81. The molecular formula is C18H27N3O3. The van der Waals surface area contributed by atoms with E-state index < -0.39 is 6.10 Å². The van der Waals surface area contributed by atoms with Crippen LogP contribution >= 0.6 is 0 Å². The summed E-state index contributed by atoms with van der Waals surface area (Å²) in [6, 6.07) is 3.41. The van der Waals surface area contributed by atoms with E-state index in [1.54, 1.807) is 31.3 Å². The lowest BCUT2D eigenvalue weighted by molar-refractivity contribution is -0.0714. The minimum Gasteiger partial charge on any atom is -0.388 e. The molecule has 2 fully saturated rings. The summed E-state index contributed by atoms with van der Waals surface area (Å²) in [7, 11) is 3.38. The van der Waals surface area contributed by atoms with Gasteiger partial charge in [0.05, 0.1) is 12.1 Å². The summed E-state index contributed by atoms with van der Waals surface area (Å²) in [5.74, 6) is 0.796. The second kappa shape index (κ2) is 7.49. The van der Waals surface area contributed by atoms with E-state index in [1.165, 1.54) is 12.8 Å². The molecule has 2 aliphatic rings. The Labute approximate surface area is 143 Å². The number of nitrogens with zero attached hydrogens (tertiary/aromatic N) is 3. The molecule has 2 heterocycles. The van der Waals surface area contributed by atoms with Gasteiger partial charge < -0.3 is 19.6 Å². The quantitative estimate of drug-likeness (QED) is 0.908. The number of amides is 1. The van der Waals surface area contributed by atoms with Gasteiger partial charge in [-0.1, -0.05) is 0 Å². The number of hydrogen-bond donors (Lipinski definition) is 1. The number of hydrogen-bond acceptors (Lipinski definition) is 5. The van der Waals surface area contributed by atoms with Crippen LogP contribution < -0.4 is 4.90 Å². The molecule has 6 heteroatoms. The molecule has 3 atom stereocenters. The Balaban J connectivity index is 1.74. The minimum absolute atomic E-state index is 0.0707. The number of pyridine rings is 1.